The highest BCUT2D eigenvalue weighted by Gasteiger charge is 2.16. The van der Waals surface area contributed by atoms with Gasteiger partial charge in [-0.05, 0) is 24.6 Å². The minimum Gasteiger partial charge on any atom is -0.502 e. The number of nitro groups is 1. The first-order chi connectivity index (χ1) is 9.97. The lowest BCUT2D eigenvalue weighted by molar-refractivity contribution is -0.385. The van der Waals surface area contributed by atoms with Crippen molar-refractivity contribution in [1.82, 2.24) is 15.0 Å². The van der Waals surface area contributed by atoms with Gasteiger partial charge < -0.3 is 10.1 Å². The molecule has 0 unspecified atom stereocenters. The van der Waals surface area contributed by atoms with E-state index in [2.05, 4.69) is 15.0 Å². The number of nitrogens with one attached hydrogen (secondary N) is 1. The molecule has 0 fully saturated rings. The van der Waals surface area contributed by atoms with Crippen molar-refractivity contribution in [1.29, 1.82) is 0 Å². The van der Waals surface area contributed by atoms with Gasteiger partial charge in [-0.1, -0.05) is 11.6 Å². The van der Waals surface area contributed by atoms with Crippen LogP contribution in [0.3, 0.4) is 0 Å². The second-order valence-corrected chi connectivity index (χ2v) is 4.88. The summed E-state index contributed by atoms with van der Waals surface area (Å²) in [5, 5.41) is 20.9. The van der Waals surface area contributed by atoms with Crippen molar-refractivity contribution in [2.45, 2.75) is 6.92 Å². The molecule has 0 aliphatic rings. The van der Waals surface area contributed by atoms with Crippen molar-refractivity contribution in [2.24, 2.45) is 0 Å². The Bertz CT molecular complexity index is 875. The highest BCUT2D eigenvalue weighted by atomic mass is 35.5. The van der Waals surface area contributed by atoms with Crippen LogP contribution in [-0.2, 0) is 0 Å². The number of rotatable bonds is 2. The molecule has 0 saturated carbocycles. The number of aryl methyl sites for hydroxylation is 1. The summed E-state index contributed by atoms with van der Waals surface area (Å²) in [5.74, 6) is 0.0359. The predicted molar refractivity (Wildman–Crippen MR) is 77.4 cm³/mol. The highest BCUT2D eigenvalue weighted by molar-refractivity contribution is 6.31. The molecule has 0 saturated heterocycles. The number of nitrogens with zero attached hydrogens (tertiary/aromatic N) is 3. The van der Waals surface area contributed by atoms with Crippen molar-refractivity contribution in [3.63, 3.8) is 0 Å². The van der Waals surface area contributed by atoms with Gasteiger partial charge in [0.25, 0.3) is 0 Å². The maximum absolute atomic E-state index is 10.7. The highest BCUT2D eigenvalue weighted by Crippen LogP contribution is 2.31. The van der Waals surface area contributed by atoms with Gasteiger partial charge in [0.05, 0.1) is 15.5 Å². The Morgan fingerprint density at radius 1 is 1.43 bits per heavy atom. The van der Waals surface area contributed by atoms with Crippen molar-refractivity contribution >= 4 is 28.5 Å². The first-order valence-electron chi connectivity index (χ1n) is 5.96. The Morgan fingerprint density at radius 3 is 2.86 bits per heavy atom. The van der Waals surface area contributed by atoms with Crippen LogP contribution in [0.15, 0.2) is 24.4 Å². The summed E-state index contributed by atoms with van der Waals surface area (Å²) in [4.78, 5) is 21.5. The monoisotopic (exact) mass is 304 g/mol. The van der Waals surface area contributed by atoms with E-state index in [0.29, 0.717) is 27.6 Å². The third-order valence-corrected chi connectivity index (χ3v) is 3.54. The van der Waals surface area contributed by atoms with E-state index in [1.165, 1.54) is 24.4 Å². The molecule has 7 nitrogen and oxygen atoms in total. The fourth-order valence-corrected chi connectivity index (χ4v) is 2.16. The Morgan fingerprint density at radius 2 is 2.19 bits per heavy atom. The molecule has 2 aromatic heterocycles. The molecule has 0 radical (unpaired) electrons. The molecule has 0 aliphatic carbocycles. The standard InChI is InChI=1S/C13H9ClN4O3/c1-6-8(14)5-15-13-11(6)16-12(17-13)7-2-3-9(18(20)21)10(19)4-7/h2-5,19H,1H3,(H,15,16,17). The number of hydrogen-bond acceptors (Lipinski definition) is 5. The summed E-state index contributed by atoms with van der Waals surface area (Å²) in [6.07, 6.45) is 1.51. The number of phenols is 1. The van der Waals surface area contributed by atoms with E-state index in [9.17, 15) is 15.2 Å². The Labute approximate surface area is 123 Å². The molecule has 0 amide bonds. The molecule has 8 heteroatoms. The van der Waals surface area contributed by atoms with Gasteiger partial charge in [0.15, 0.2) is 11.4 Å². The van der Waals surface area contributed by atoms with Gasteiger partial charge in [0.2, 0.25) is 0 Å². The quantitative estimate of drug-likeness (QED) is 0.558. The summed E-state index contributed by atoms with van der Waals surface area (Å²) in [6.45, 7) is 1.83. The maximum atomic E-state index is 10.7. The largest absolute Gasteiger partial charge is 0.502 e. The van der Waals surface area contributed by atoms with Crippen LogP contribution >= 0.6 is 11.6 Å². The number of halogens is 1. The van der Waals surface area contributed by atoms with Gasteiger partial charge in [-0.15, -0.1) is 0 Å². The number of pyridine rings is 1. The maximum Gasteiger partial charge on any atom is 0.310 e. The smallest absolute Gasteiger partial charge is 0.310 e. The number of imidazole rings is 1. The van der Waals surface area contributed by atoms with Gasteiger partial charge in [-0.3, -0.25) is 10.1 Å². The number of nitro benzene ring substituents is 1. The topological polar surface area (TPSA) is 105 Å². The molecule has 2 heterocycles. The molecule has 21 heavy (non-hydrogen) atoms. The average molecular weight is 305 g/mol. The summed E-state index contributed by atoms with van der Waals surface area (Å²) in [5.41, 5.74) is 2.16. The minimum atomic E-state index is -0.650. The van der Waals surface area contributed by atoms with E-state index in [-0.39, 0.29) is 5.69 Å². The number of aromatic amines is 1. The van der Waals surface area contributed by atoms with Gasteiger partial charge in [0, 0.05) is 17.8 Å². The van der Waals surface area contributed by atoms with Crippen molar-refractivity contribution in [3.8, 4) is 17.1 Å². The average Bonchev–Trinajstić information content (AvgIpc) is 2.87. The van der Waals surface area contributed by atoms with Crippen LogP contribution in [0.1, 0.15) is 5.56 Å². The molecule has 0 atom stereocenters. The molecule has 106 valence electrons. The summed E-state index contributed by atoms with van der Waals surface area (Å²) in [7, 11) is 0. The summed E-state index contributed by atoms with van der Waals surface area (Å²) in [6, 6.07) is 4.02. The van der Waals surface area contributed by atoms with E-state index in [0.717, 1.165) is 5.56 Å². The second-order valence-electron chi connectivity index (χ2n) is 4.48. The normalized spacial score (nSPS) is 11.0. The summed E-state index contributed by atoms with van der Waals surface area (Å²) < 4.78 is 0. The van der Waals surface area contributed by atoms with Crippen molar-refractivity contribution in [2.75, 3.05) is 0 Å². The lowest BCUT2D eigenvalue weighted by atomic mass is 10.2. The van der Waals surface area contributed by atoms with Crippen molar-refractivity contribution < 1.29 is 10.0 Å². The first-order valence-corrected chi connectivity index (χ1v) is 6.34. The third-order valence-electron chi connectivity index (χ3n) is 3.16. The fourth-order valence-electron chi connectivity index (χ4n) is 2.01. The van der Waals surface area contributed by atoms with Gasteiger partial charge in [-0.2, -0.15) is 0 Å². The minimum absolute atomic E-state index is 0.354. The van der Waals surface area contributed by atoms with Crippen LogP contribution in [0.25, 0.3) is 22.6 Å². The zero-order chi connectivity index (χ0) is 15.1. The Hall–Kier alpha value is -2.67. The predicted octanol–water partition coefficient (Wildman–Crippen LogP) is 3.20. The lowest BCUT2D eigenvalue weighted by Gasteiger charge is -1.99. The van der Waals surface area contributed by atoms with E-state index in [1.807, 2.05) is 6.92 Å². The van der Waals surface area contributed by atoms with E-state index >= 15 is 0 Å². The molecule has 0 aliphatic heterocycles. The number of fused-ring (bicyclic) bond motifs is 1. The number of aromatic nitrogens is 3. The van der Waals surface area contributed by atoms with Crippen LogP contribution in [0.4, 0.5) is 5.69 Å². The zero-order valence-electron chi connectivity index (χ0n) is 10.8. The molecule has 3 rings (SSSR count). The Balaban J connectivity index is 2.15. The zero-order valence-corrected chi connectivity index (χ0v) is 11.5. The Kier molecular flexibility index (Phi) is 2.99. The van der Waals surface area contributed by atoms with Crippen LogP contribution in [0.2, 0.25) is 5.02 Å². The van der Waals surface area contributed by atoms with Crippen LogP contribution in [0, 0.1) is 17.0 Å². The van der Waals surface area contributed by atoms with E-state index < -0.39 is 10.7 Å². The van der Waals surface area contributed by atoms with Crippen molar-refractivity contribution in [3.05, 3.63) is 45.1 Å². The van der Waals surface area contributed by atoms with E-state index in [1.54, 1.807) is 0 Å². The summed E-state index contributed by atoms with van der Waals surface area (Å²) >= 11 is 6.00. The molecule has 0 bridgehead atoms. The molecule has 0 spiro atoms. The molecule has 3 aromatic rings. The fraction of sp³-hybridized carbons (Fsp3) is 0.0769. The van der Waals surface area contributed by atoms with Crippen LogP contribution < -0.4 is 0 Å². The molecule has 2 N–H and O–H groups in total. The number of aromatic hydroxyl groups is 1. The first kappa shape index (κ1) is 13.3. The lowest BCUT2D eigenvalue weighted by Crippen LogP contribution is -1.89. The molecular formula is C13H9ClN4O3. The van der Waals surface area contributed by atoms with Gasteiger partial charge in [0.1, 0.15) is 5.82 Å². The second kappa shape index (κ2) is 4.71. The molecule has 1 aromatic carbocycles. The SMILES string of the molecule is Cc1c(Cl)cnc2nc(-c3ccc([N+](=O)[O-])c(O)c3)[nH]c12. The van der Waals surface area contributed by atoms with Crippen LogP contribution in [-0.4, -0.2) is 25.0 Å². The number of benzene rings is 1. The van der Waals surface area contributed by atoms with Gasteiger partial charge >= 0.3 is 5.69 Å². The van der Waals surface area contributed by atoms with E-state index in [4.69, 9.17) is 11.6 Å². The third kappa shape index (κ3) is 2.17. The number of hydrogen-bond donors (Lipinski definition) is 2. The van der Waals surface area contributed by atoms with Gasteiger partial charge in [-0.25, -0.2) is 9.97 Å². The molecular weight excluding hydrogens is 296 g/mol. The number of phenolic OH excluding ortho intramolecular Hbond substituents is 1. The number of H-pyrrole nitrogens is 1. The van der Waals surface area contributed by atoms with Crippen LogP contribution in [0.5, 0.6) is 5.75 Å².